The lowest BCUT2D eigenvalue weighted by Gasteiger charge is -2.41. The summed E-state index contributed by atoms with van der Waals surface area (Å²) >= 11 is 0. The van der Waals surface area contributed by atoms with Gasteiger partial charge in [0.2, 0.25) is 0 Å². The van der Waals surface area contributed by atoms with E-state index in [1.807, 2.05) is 18.2 Å². The van der Waals surface area contributed by atoms with Gasteiger partial charge in [-0.15, -0.1) is 0 Å². The summed E-state index contributed by atoms with van der Waals surface area (Å²) < 4.78 is 5.47. The summed E-state index contributed by atoms with van der Waals surface area (Å²) in [6.07, 6.45) is 3.08. The number of carbonyl (C=O) groups excluding carboxylic acids is 1. The van der Waals surface area contributed by atoms with Crippen LogP contribution in [0.4, 0.5) is 0 Å². The van der Waals surface area contributed by atoms with E-state index in [1.54, 1.807) is 6.92 Å². The Hall–Kier alpha value is -1.19. The summed E-state index contributed by atoms with van der Waals surface area (Å²) in [7, 11) is 0. The highest BCUT2D eigenvalue weighted by Gasteiger charge is 2.40. The van der Waals surface area contributed by atoms with Crippen molar-refractivity contribution in [2.75, 3.05) is 32.8 Å². The van der Waals surface area contributed by atoms with Crippen LogP contribution in [0.2, 0.25) is 0 Å². The third kappa shape index (κ3) is 3.04. The second-order valence-corrected chi connectivity index (χ2v) is 6.53. The van der Waals surface area contributed by atoms with E-state index in [4.69, 9.17) is 4.74 Å². The Bertz CT molecular complexity index is 471. The lowest BCUT2D eigenvalue weighted by atomic mass is 9.70. The van der Waals surface area contributed by atoms with E-state index in [1.165, 1.54) is 12.0 Å². The molecule has 1 atom stereocenters. The Morgan fingerprint density at radius 1 is 1.29 bits per heavy atom. The van der Waals surface area contributed by atoms with Crippen molar-refractivity contribution in [2.45, 2.75) is 31.6 Å². The first-order valence-corrected chi connectivity index (χ1v) is 8.07. The van der Waals surface area contributed by atoms with Gasteiger partial charge in [0.15, 0.2) is 0 Å². The van der Waals surface area contributed by atoms with Crippen LogP contribution in [0, 0.1) is 5.92 Å². The zero-order valence-corrected chi connectivity index (χ0v) is 12.9. The van der Waals surface area contributed by atoms with Crippen LogP contribution in [0.5, 0.6) is 0 Å². The van der Waals surface area contributed by atoms with Crippen molar-refractivity contribution < 1.29 is 9.53 Å². The van der Waals surface area contributed by atoms with Gasteiger partial charge in [0, 0.05) is 13.2 Å². The maximum absolute atomic E-state index is 12.3. The summed E-state index contributed by atoms with van der Waals surface area (Å²) in [5, 5.41) is 0. The number of Topliss-reactive ketones (excluding diaryl/α,β-unsaturated/α-hetero) is 1. The molecule has 21 heavy (non-hydrogen) atoms. The Morgan fingerprint density at radius 3 is 2.57 bits per heavy atom. The van der Waals surface area contributed by atoms with Crippen LogP contribution in [0.1, 0.15) is 31.7 Å². The molecule has 0 bridgehead atoms. The van der Waals surface area contributed by atoms with Crippen LogP contribution < -0.4 is 0 Å². The van der Waals surface area contributed by atoms with Crippen molar-refractivity contribution in [3.63, 3.8) is 0 Å². The van der Waals surface area contributed by atoms with Crippen molar-refractivity contribution in [1.82, 2.24) is 4.90 Å². The average Bonchev–Trinajstić information content (AvgIpc) is 3.02. The van der Waals surface area contributed by atoms with E-state index in [0.29, 0.717) is 11.7 Å². The van der Waals surface area contributed by atoms with Gasteiger partial charge in [0.25, 0.3) is 0 Å². The minimum Gasteiger partial charge on any atom is -0.381 e. The van der Waals surface area contributed by atoms with Gasteiger partial charge in [0.05, 0.1) is 12.0 Å². The minimum atomic E-state index is -0.260. The Morgan fingerprint density at radius 2 is 2.00 bits per heavy atom. The van der Waals surface area contributed by atoms with Gasteiger partial charge < -0.3 is 9.64 Å². The first-order valence-electron chi connectivity index (χ1n) is 8.07. The van der Waals surface area contributed by atoms with Crippen molar-refractivity contribution in [3.8, 4) is 0 Å². The first-order chi connectivity index (χ1) is 10.2. The minimum absolute atomic E-state index is 0.260. The molecule has 0 saturated carbocycles. The topological polar surface area (TPSA) is 29.5 Å². The van der Waals surface area contributed by atoms with Crippen LogP contribution >= 0.6 is 0 Å². The SMILES string of the molecule is CC(=O)C1(c2ccccc2)CCN(CC2CCOC2)CC1. The molecule has 3 rings (SSSR count). The number of rotatable bonds is 4. The van der Waals surface area contributed by atoms with Crippen molar-refractivity contribution in [2.24, 2.45) is 5.92 Å². The molecular formula is C18H25NO2. The molecule has 2 aliphatic rings. The molecule has 0 N–H and O–H groups in total. The molecule has 2 fully saturated rings. The highest BCUT2D eigenvalue weighted by atomic mass is 16.5. The number of nitrogens with zero attached hydrogens (tertiary/aromatic N) is 1. The molecule has 2 saturated heterocycles. The Labute approximate surface area is 127 Å². The number of benzene rings is 1. The second-order valence-electron chi connectivity index (χ2n) is 6.53. The van der Waals surface area contributed by atoms with Gasteiger partial charge in [-0.2, -0.15) is 0 Å². The quantitative estimate of drug-likeness (QED) is 0.852. The molecule has 0 amide bonds. The molecule has 2 heterocycles. The van der Waals surface area contributed by atoms with Crippen molar-refractivity contribution in [1.29, 1.82) is 0 Å². The summed E-state index contributed by atoms with van der Waals surface area (Å²) in [6.45, 7) is 6.75. The van der Waals surface area contributed by atoms with Crippen LogP contribution in [0.25, 0.3) is 0 Å². The van der Waals surface area contributed by atoms with E-state index in [2.05, 4.69) is 17.0 Å². The Balaban J connectivity index is 1.67. The monoisotopic (exact) mass is 287 g/mol. The summed E-state index contributed by atoms with van der Waals surface area (Å²) in [6, 6.07) is 10.3. The molecule has 1 aromatic carbocycles. The van der Waals surface area contributed by atoms with Crippen LogP contribution in [0.15, 0.2) is 30.3 Å². The van der Waals surface area contributed by atoms with Crippen LogP contribution in [0.3, 0.4) is 0 Å². The maximum Gasteiger partial charge on any atom is 0.140 e. The molecule has 0 aromatic heterocycles. The fourth-order valence-corrected chi connectivity index (χ4v) is 3.81. The van der Waals surface area contributed by atoms with Gasteiger partial charge in [-0.3, -0.25) is 4.79 Å². The van der Waals surface area contributed by atoms with Gasteiger partial charge in [-0.25, -0.2) is 0 Å². The maximum atomic E-state index is 12.3. The highest BCUT2D eigenvalue weighted by Crippen LogP contribution is 2.36. The largest absolute Gasteiger partial charge is 0.381 e. The number of ether oxygens (including phenoxy) is 1. The molecule has 1 aromatic rings. The normalized spacial score (nSPS) is 25.9. The van der Waals surface area contributed by atoms with Crippen molar-refractivity contribution >= 4 is 5.78 Å². The van der Waals surface area contributed by atoms with Gasteiger partial charge in [-0.05, 0) is 50.8 Å². The van der Waals surface area contributed by atoms with Crippen molar-refractivity contribution in [3.05, 3.63) is 35.9 Å². The predicted molar refractivity (Wildman–Crippen MR) is 83.4 cm³/mol. The lowest BCUT2D eigenvalue weighted by molar-refractivity contribution is -0.124. The fourth-order valence-electron chi connectivity index (χ4n) is 3.81. The number of carbonyl (C=O) groups is 1. The number of hydrogen-bond acceptors (Lipinski definition) is 3. The van der Waals surface area contributed by atoms with Crippen LogP contribution in [-0.4, -0.2) is 43.5 Å². The molecular weight excluding hydrogens is 262 g/mol. The molecule has 0 spiro atoms. The first kappa shape index (κ1) is 14.7. The Kier molecular flexibility index (Phi) is 4.41. The van der Waals surface area contributed by atoms with E-state index in [-0.39, 0.29) is 5.41 Å². The molecule has 2 aliphatic heterocycles. The van der Waals surface area contributed by atoms with Gasteiger partial charge >= 0.3 is 0 Å². The standard InChI is InChI=1S/C18H25NO2/c1-15(20)18(17-5-3-2-4-6-17)8-10-19(11-9-18)13-16-7-12-21-14-16/h2-6,16H,7-14H2,1H3. The number of piperidine rings is 1. The molecule has 3 nitrogen and oxygen atoms in total. The molecule has 114 valence electrons. The zero-order chi connectivity index (χ0) is 14.7. The van der Waals surface area contributed by atoms with E-state index < -0.39 is 0 Å². The number of ketones is 1. The number of likely N-dealkylation sites (tertiary alicyclic amines) is 1. The smallest absolute Gasteiger partial charge is 0.140 e. The zero-order valence-electron chi connectivity index (χ0n) is 12.9. The van der Waals surface area contributed by atoms with Gasteiger partial charge in [0.1, 0.15) is 5.78 Å². The van der Waals surface area contributed by atoms with Crippen LogP contribution in [-0.2, 0) is 14.9 Å². The van der Waals surface area contributed by atoms with Gasteiger partial charge in [-0.1, -0.05) is 30.3 Å². The van der Waals surface area contributed by atoms with E-state index >= 15 is 0 Å². The number of hydrogen-bond donors (Lipinski definition) is 0. The van der Waals surface area contributed by atoms with E-state index in [9.17, 15) is 4.79 Å². The summed E-state index contributed by atoms with van der Waals surface area (Å²) in [5.41, 5.74) is 0.936. The third-order valence-electron chi connectivity index (χ3n) is 5.25. The fraction of sp³-hybridized carbons (Fsp3) is 0.611. The third-order valence-corrected chi connectivity index (χ3v) is 5.25. The summed E-state index contributed by atoms with van der Waals surface area (Å²) in [5.74, 6) is 1.00. The van der Waals surface area contributed by atoms with E-state index in [0.717, 1.165) is 45.7 Å². The predicted octanol–water partition coefficient (Wildman–Crippen LogP) is 2.65. The molecule has 0 radical (unpaired) electrons. The second kappa shape index (κ2) is 6.29. The highest BCUT2D eigenvalue weighted by molar-refractivity contribution is 5.88. The molecule has 3 heteroatoms. The molecule has 1 unspecified atom stereocenters. The summed E-state index contributed by atoms with van der Waals surface area (Å²) in [4.78, 5) is 14.9. The molecule has 0 aliphatic carbocycles. The lowest BCUT2D eigenvalue weighted by Crippen LogP contribution is -2.47. The average molecular weight is 287 g/mol.